The molecule has 0 spiro atoms. The molecular formula is C38H49N7O8S. The highest BCUT2D eigenvalue weighted by atomic mass is 32.2. The number of sulfonamides is 1. The van der Waals surface area contributed by atoms with Gasteiger partial charge in [0.05, 0.1) is 35.5 Å². The minimum Gasteiger partial charge on any atom is -0.493 e. The maximum atomic E-state index is 14.3. The molecule has 0 aliphatic rings. The number of nitroso groups, excluding NO2 is 2. The first kappa shape index (κ1) is 41.7. The number of hydrogen-bond donors (Lipinski definition) is 3. The van der Waals surface area contributed by atoms with Crippen molar-refractivity contribution in [1.82, 2.24) is 23.7 Å². The quantitative estimate of drug-likeness (QED) is 0.104. The minimum absolute atomic E-state index is 0.0212. The first-order valence-electron chi connectivity index (χ1n) is 17.9. The standard InChI is InChI=1S/C38H49N7O8S/c1-6-26(4)36(45-24-35(47)44(38(45)49)22-30-16-17-39-32(19-30)27(5)42-51)37(48)41-33(18-28-10-8-7-9-11-28)34(46)23-43(21-25(2)3)54(52,53)31-14-12-29(13-15-31)20-40-50/h7-17,19,24-27,33-34,36,46-47H,6,18,20-23H2,1-5H3,(H,41,48)/t26-,27?,33-,34+,36-/m0/s1. The topological polar surface area (TPSA) is 206 Å². The van der Waals surface area contributed by atoms with E-state index < -0.39 is 51.8 Å². The molecule has 290 valence electrons. The lowest BCUT2D eigenvalue weighted by Crippen LogP contribution is -2.53. The largest absolute Gasteiger partial charge is 0.493 e. The minimum atomic E-state index is -4.13. The number of imidazole rings is 1. The zero-order valence-electron chi connectivity index (χ0n) is 31.1. The molecule has 0 radical (unpaired) electrons. The molecule has 2 aromatic carbocycles. The Morgan fingerprint density at radius 3 is 2.26 bits per heavy atom. The first-order chi connectivity index (χ1) is 25.7. The van der Waals surface area contributed by atoms with E-state index >= 15 is 0 Å². The number of aliphatic hydroxyl groups excluding tert-OH is 1. The summed E-state index contributed by atoms with van der Waals surface area (Å²) in [5, 5.41) is 31.5. The van der Waals surface area contributed by atoms with Crippen molar-refractivity contribution < 1.29 is 23.4 Å². The summed E-state index contributed by atoms with van der Waals surface area (Å²) in [7, 11) is -4.13. The first-order valence-corrected chi connectivity index (χ1v) is 19.3. The van der Waals surface area contributed by atoms with E-state index in [4.69, 9.17) is 0 Å². The fourth-order valence-electron chi connectivity index (χ4n) is 6.20. The number of aliphatic hydroxyl groups is 1. The maximum absolute atomic E-state index is 14.3. The summed E-state index contributed by atoms with van der Waals surface area (Å²) in [4.78, 5) is 54.1. The van der Waals surface area contributed by atoms with E-state index in [9.17, 15) is 38.0 Å². The molecule has 3 N–H and O–H groups in total. The molecule has 0 saturated carbocycles. The van der Waals surface area contributed by atoms with Gasteiger partial charge in [-0.3, -0.25) is 18.9 Å². The van der Waals surface area contributed by atoms with E-state index in [2.05, 4.69) is 20.7 Å². The van der Waals surface area contributed by atoms with Gasteiger partial charge in [-0.05, 0) is 66.1 Å². The smallest absolute Gasteiger partial charge is 0.332 e. The van der Waals surface area contributed by atoms with E-state index in [1.165, 1.54) is 45.5 Å². The number of nitrogens with one attached hydrogen (secondary N) is 1. The molecule has 4 aromatic rings. The van der Waals surface area contributed by atoms with Crippen LogP contribution in [0, 0.1) is 21.6 Å². The Bertz CT molecular complexity index is 2030. The van der Waals surface area contributed by atoms with Crippen molar-refractivity contribution in [3.8, 4) is 5.88 Å². The Labute approximate surface area is 315 Å². The summed E-state index contributed by atoms with van der Waals surface area (Å²) in [6.07, 6.45) is 1.92. The lowest BCUT2D eigenvalue weighted by molar-refractivity contribution is -0.127. The Kier molecular flexibility index (Phi) is 14.5. The summed E-state index contributed by atoms with van der Waals surface area (Å²) in [5.41, 5.74) is 1.65. The van der Waals surface area contributed by atoms with Crippen molar-refractivity contribution in [1.29, 1.82) is 0 Å². The SMILES string of the molecule is CC[C@H](C)[C@@H](C(=O)N[C@@H](Cc1ccccc1)[C@H](O)CN(CC(C)C)S(=O)(=O)c1ccc(CN=O)cc1)n1cc(O)n(Cc2ccnc(C(C)N=O)c2)c1=O. The summed E-state index contributed by atoms with van der Waals surface area (Å²) < 4.78 is 31.3. The number of carbonyl (C=O) groups excluding carboxylic acids is 1. The second-order valence-corrected chi connectivity index (χ2v) is 15.9. The zero-order valence-corrected chi connectivity index (χ0v) is 32.0. The molecule has 16 heteroatoms. The Morgan fingerprint density at radius 2 is 1.65 bits per heavy atom. The van der Waals surface area contributed by atoms with Crippen molar-refractivity contribution in [2.45, 2.75) is 89.7 Å². The van der Waals surface area contributed by atoms with Gasteiger partial charge in [-0.2, -0.15) is 14.1 Å². The highest BCUT2D eigenvalue weighted by Crippen LogP contribution is 2.25. The number of nitrogens with zero attached hydrogens (tertiary/aromatic N) is 6. The van der Waals surface area contributed by atoms with Gasteiger partial charge in [0.25, 0.3) is 0 Å². The van der Waals surface area contributed by atoms with E-state index in [-0.39, 0.29) is 49.3 Å². The van der Waals surface area contributed by atoms with E-state index in [0.717, 1.165) is 10.1 Å². The Balaban J connectivity index is 1.67. The van der Waals surface area contributed by atoms with Gasteiger partial charge in [-0.15, -0.1) is 0 Å². The van der Waals surface area contributed by atoms with Gasteiger partial charge < -0.3 is 15.5 Å². The van der Waals surface area contributed by atoms with E-state index in [1.807, 2.05) is 51.1 Å². The van der Waals surface area contributed by atoms with Crippen LogP contribution in [0.15, 0.2) is 99.2 Å². The van der Waals surface area contributed by atoms with Crippen LogP contribution in [0.1, 0.15) is 75.5 Å². The monoisotopic (exact) mass is 763 g/mol. The highest BCUT2D eigenvalue weighted by Gasteiger charge is 2.35. The number of hydrogen-bond acceptors (Lipinski definition) is 11. The molecule has 15 nitrogen and oxygen atoms in total. The zero-order chi connectivity index (χ0) is 39.6. The number of rotatable bonds is 20. The molecular weight excluding hydrogens is 715 g/mol. The van der Waals surface area contributed by atoms with Gasteiger partial charge in [-0.25, -0.2) is 13.2 Å². The van der Waals surface area contributed by atoms with Gasteiger partial charge in [0.1, 0.15) is 18.6 Å². The molecule has 54 heavy (non-hydrogen) atoms. The lowest BCUT2D eigenvalue weighted by atomic mass is 9.96. The van der Waals surface area contributed by atoms with Crippen LogP contribution >= 0.6 is 0 Å². The number of benzene rings is 2. The summed E-state index contributed by atoms with van der Waals surface area (Å²) in [5.74, 6) is -1.50. The third kappa shape index (κ3) is 10.3. The normalized spacial score (nSPS) is 14.7. The highest BCUT2D eigenvalue weighted by molar-refractivity contribution is 7.89. The van der Waals surface area contributed by atoms with Gasteiger partial charge in [0.15, 0.2) is 0 Å². The summed E-state index contributed by atoms with van der Waals surface area (Å²) >= 11 is 0. The van der Waals surface area contributed by atoms with Gasteiger partial charge in [-0.1, -0.05) is 86.9 Å². The Morgan fingerprint density at radius 1 is 0.963 bits per heavy atom. The van der Waals surface area contributed by atoms with E-state index in [1.54, 1.807) is 26.0 Å². The molecule has 1 unspecified atom stereocenters. The van der Waals surface area contributed by atoms with Crippen molar-refractivity contribution >= 4 is 15.9 Å². The van der Waals surface area contributed by atoms with Crippen LogP contribution in [-0.2, 0) is 34.3 Å². The lowest BCUT2D eigenvalue weighted by Gasteiger charge is -2.32. The maximum Gasteiger partial charge on any atom is 0.332 e. The second kappa shape index (κ2) is 18.8. The molecule has 5 atom stereocenters. The fourth-order valence-corrected chi connectivity index (χ4v) is 7.82. The number of aromatic nitrogens is 3. The van der Waals surface area contributed by atoms with Crippen molar-refractivity contribution in [2.24, 2.45) is 22.2 Å². The van der Waals surface area contributed by atoms with E-state index in [0.29, 0.717) is 23.2 Å². The van der Waals surface area contributed by atoms with Gasteiger partial charge in [0.2, 0.25) is 21.8 Å². The molecule has 0 bridgehead atoms. The van der Waals surface area contributed by atoms with Crippen LogP contribution in [0.2, 0.25) is 0 Å². The molecule has 4 rings (SSSR count). The molecule has 2 aromatic heterocycles. The third-order valence-corrected chi connectivity index (χ3v) is 11.2. The number of pyridine rings is 1. The van der Waals surface area contributed by atoms with Crippen LogP contribution in [0.25, 0.3) is 0 Å². The van der Waals surface area contributed by atoms with Crippen LogP contribution < -0.4 is 11.0 Å². The Hall–Kier alpha value is -5.06. The van der Waals surface area contributed by atoms with Crippen LogP contribution in [0.5, 0.6) is 5.88 Å². The van der Waals surface area contributed by atoms with Crippen LogP contribution in [-0.4, -0.2) is 68.2 Å². The summed E-state index contributed by atoms with van der Waals surface area (Å²) in [6, 6.07) is 15.4. The fraction of sp³-hybridized carbons (Fsp3) is 0.447. The number of carbonyl (C=O) groups is 1. The summed E-state index contributed by atoms with van der Waals surface area (Å²) in [6.45, 7) is 8.50. The average molecular weight is 764 g/mol. The molecule has 0 fully saturated rings. The third-order valence-electron chi connectivity index (χ3n) is 9.36. The molecule has 2 heterocycles. The number of aromatic hydroxyl groups is 1. The predicted octanol–water partition coefficient (Wildman–Crippen LogP) is 4.92. The van der Waals surface area contributed by atoms with Gasteiger partial charge in [0, 0.05) is 19.3 Å². The second-order valence-electron chi connectivity index (χ2n) is 14.0. The van der Waals surface area contributed by atoms with Crippen LogP contribution in [0.4, 0.5) is 0 Å². The molecule has 0 saturated heterocycles. The van der Waals surface area contributed by atoms with Crippen molar-refractivity contribution in [2.75, 3.05) is 13.1 Å². The van der Waals surface area contributed by atoms with Crippen molar-refractivity contribution in [3.63, 3.8) is 0 Å². The van der Waals surface area contributed by atoms with Crippen molar-refractivity contribution in [3.05, 3.63) is 122 Å². The molecule has 0 aliphatic carbocycles. The molecule has 1 amide bonds. The molecule has 0 aliphatic heterocycles. The van der Waals surface area contributed by atoms with Crippen LogP contribution in [0.3, 0.4) is 0 Å². The number of amides is 1. The average Bonchev–Trinajstić information content (AvgIpc) is 3.42. The van der Waals surface area contributed by atoms with Gasteiger partial charge >= 0.3 is 5.69 Å². The predicted molar refractivity (Wildman–Crippen MR) is 204 cm³/mol.